The lowest BCUT2D eigenvalue weighted by atomic mass is 10.1. The molecule has 0 aliphatic carbocycles. The SMILES string of the molecule is CC(=O)Nc1ccc(NC(=O)[C@H](C)OC(=O)C[C@H]2CCS(=O)(=O)C2)cc1. The second-order valence-corrected chi connectivity index (χ2v) is 8.58. The molecule has 2 atom stereocenters. The predicted octanol–water partition coefficient (Wildman–Crippen LogP) is 1.34. The smallest absolute Gasteiger partial charge is 0.306 e. The Hall–Kier alpha value is -2.42. The van der Waals surface area contributed by atoms with Crippen molar-refractivity contribution in [1.29, 1.82) is 0 Å². The van der Waals surface area contributed by atoms with E-state index in [0.717, 1.165) is 0 Å². The summed E-state index contributed by atoms with van der Waals surface area (Å²) in [5.74, 6) is -1.44. The van der Waals surface area contributed by atoms with E-state index in [1.807, 2.05) is 0 Å². The van der Waals surface area contributed by atoms with Crippen LogP contribution < -0.4 is 10.6 Å². The van der Waals surface area contributed by atoms with Crippen LogP contribution in [0, 0.1) is 5.92 Å². The summed E-state index contributed by atoms with van der Waals surface area (Å²) in [6.07, 6.45) is -0.573. The molecule has 1 saturated heterocycles. The number of hydrogen-bond acceptors (Lipinski definition) is 6. The summed E-state index contributed by atoms with van der Waals surface area (Å²) in [6, 6.07) is 6.49. The van der Waals surface area contributed by atoms with Gasteiger partial charge in [-0.3, -0.25) is 14.4 Å². The van der Waals surface area contributed by atoms with E-state index in [1.165, 1.54) is 13.8 Å². The van der Waals surface area contributed by atoms with Crippen molar-refractivity contribution in [3.05, 3.63) is 24.3 Å². The number of sulfone groups is 1. The number of ether oxygens (including phenoxy) is 1. The van der Waals surface area contributed by atoms with Crippen LogP contribution in [0.25, 0.3) is 0 Å². The van der Waals surface area contributed by atoms with Gasteiger partial charge >= 0.3 is 5.97 Å². The Bertz CT molecular complexity index is 788. The van der Waals surface area contributed by atoms with E-state index >= 15 is 0 Å². The van der Waals surface area contributed by atoms with Crippen molar-refractivity contribution in [2.75, 3.05) is 22.1 Å². The van der Waals surface area contributed by atoms with Gasteiger partial charge in [-0.25, -0.2) is 8.42 Å². The molecule has 1 aliphatic heterocycles. The summed E-state index contributed by atoms with van der Waals surface area (Å²) in [5.41, 5.74) is 1.09. The standard InChI is InChI=1S/C17H22N2O6S/c1-11(25-16(21)9-13-7-8-26(23,24)10-13)17(22)19-15-5-3-14(4-6-15)18-12(2)20/h3-6,11,13H,7-10H2,1-2H3,(H,18,20)(H,19,22)/t11-,13+/m0/s1. The molecule has 26 heavy (non-hydrogen) atoms. The zero-order chi connectivity index (χ0) is 19.3. The molecule has 2 rings (SSSR count). The Morgan fingerprint density at radius 1 is 1.15 bits per heavy atom. The maximum atomic E-state index is 12.1. The van der Waals surface area contributed by atoms with Crippen LogP contribution in [0.2, 0.25) is 0 Å². The van der Waals surface area contributed by atoms with Crippen molar-refractivity contribution in [3.8, 4) is 0 Å². The topological polar surface area (TPSA) is 119 Å². The van der Waals surface area contributed by atoms with Crippen molar-refractivity contribution in [2.45, 2.75) is 32.8 Å². The summed E-state index contributed by atoms with van der Waals surface area (Å²) in [5, 5.41) is 5.22. The first kappa shape index (κ1) is 19.9. The molecule has 1 aliphatic rings. The number of hydrogen-bond donors (Lipinski definition) is 2. The Kier molecular flexibility index (Phi) is 6.36. The fourth-order valence-corrected chi connectivity index (χ4v) is 4.51. The second kappa shape index (κ2) is 8.31. The summed E-state index contributed by atoms with van der Waals surface area (Å²) in [7, 11) is -3.05. The summed E-state index contributed by atoms with van der Waals surface area (Å²) < 4.78 is 27.9. The minimum Gasteiger partial charge on any atom is -0.453 e. The molecule has 2 N–H and O–H groups in total. The van der Waals surface area contributed by atoms with Crippen molar-refractivity contribution in [2.24, 2.45) is 5.92 Å². The highest BCUT2D eigenvalue weighted by Gasteiger charge is 2.30. The van der Waals surface area contributed by atoms with Gasteiger partial charge in [0.1, 0.15) is 0 Å². The number of benzene rings is 1. The number of carbonyl (C=O) groups is 3. The molecule has 2 amide bonds. The van der Waals surface area contributed by atoms with E-state index in [9.17, 15) is 22.8 Å². The molecule has 1 aromatic rings. The lowest BCUT2D eigenvalue weighted by molar-refractivity contribution is -0.153. The molecule has 9 heteroatoms. The van der Waals surface area contributed by atoms with Gasteiger partial charge in [0.05, 0.1) is 11.5 Å². The second-order valence-electron chi connectivity index (χ2n) is 6.35. The van der Waals surface area contributed by atoms with E-state index in [-0.39, 0.29) is 29.8 Å². The number of esters is 1. The Morgan fingerprint density at radius 3 is 2.23 bits per heavy atom. The maximum Gasteiger partial charge on any atom is 0.306 e. The molecule has 0 radical (unpaired) electrons. The van der Waals surface area contributed by atoms with Crippen molar-refractivity contribution >= 4 is 39.0 Å². The maximum absolute atomic E-state index is 12.1. The molecule has 1 aromatic carbocycles. The number of nitrogens with one attached hydrogen (secondary N) is 2. The van der Waals surface area contributed by atoms with Gasteiger partial charge in [0.15, 0.2) is 15.9 Å². The van der Waals surface area contributed by atoms with Gasteiger partial charge in [0.25, 0.3) is 5.91 Å². The van der Waals surface area contributed by atoms with Crippen LogP contribution in [0.4, 0.5) is 11.4 Å². The zero-order valence-corrected chi connectivity index (χ0v) is 15.5. The Labute approximate surface area is 152 Å². The monoisotopic (exact) mass is 382 g/mol. The molecule has 0 unspecified atom stereocenters. The first-order chi connectivity index (χ1) is 12.1. The van der Waals surface area contributed by atoms with Gasteiger partial charge in [-0.1, -0.05) is 0 Å². The van der Waals surface area contributed by atoms with Crippen molar-refractivity contribution in [1.82, 2.24) is 0 Å². The summed E-state index contributed by atoms with van der Waals surface area (Å²) >= 11 is 0. The lowest BCUT2D eigenvalue weighted by Gasteiger charge is -2.15. The normalized spacial score (nSPS) is 19.4. The van der Waals surface area contributed by atoms with Crippen molar-refractivity contribution < 1.29 is 27.5 Å². The fourth-order valence-electron chi connectivity index (χ4n) is 2.65. The molecule has 142 valence electrons. The van der Waals surface area contributed by atoms with Gasteiger partial charge in [0, 0.05) is 24.7 Å². The lowest BCUT2D eigenvalue weighted by Crippen LogP contribution is -2.30. The third-order valence-corrected chi connectivity index (χ3v) is 5.77. The highest BCUT2D eigenvalue weighted by atomic mass is 32.2. The average molecular weight is 382 g/mol. The van der Waals surface area contributed by atoms with E-state index in [4.69, 9.17) is 4.74 Å². The molecule has 0 bridgehead atoms. The highest BCUT2D eigenvalue weighted by molar-refractivity contribution is 7.91. The number of amides is 2. The Morgan fingerprint density at radius 2 is 1.73 bits per heavy atom. The van der Waals surface area contributed by atoms with Gasteiger partial charge in [-0.05, 0) is 43.5 Å². The van der Waals surface area contributed by atoms with Crippen LogP contribution in [0.15, 0.2) is 24.3 Å². The average Bonchev–Trinajstić information content (AvgIpc) is 2.87. The van der Waals surface area contributed by atoms with E-state index in [0.29, 0.717) is 17.8 Å². The fraction of sp³-hybridized carbons (Fsp3) is 0.471. The quantitative estimate of drug-likeness (QED) is 0.717. The van der Waals surface area contributed by atoms with Crippen LogP contribution in [-0.2, 0) is 29.0 Å². The third kappa shape index (κ3) is 6.14. The molecular weight excluding hydrogens is 360 g/mol. The third-order valence-electron chi connectivity index (χ3n) is 3.93. The van der Waals surface area contributed by atoms with E-state index in [1.54, 1.807) is 24.3 Å². The minimum absolute atomic E-state index is 0.0106. The van der Waals surface area contributed by atoms with E-state index < -0.39 is 27.8 Å². The van der Waals surface area contributed by atoms with E-state index in [2.05, 4.69) is 10.6 Å². The van der Waals surface area contributed by atoms with Crippen molar-refractivity contribution in [3.63, 3.8) is 0 Å². The summed E-state index contributed by atoms with van der Waals surface area (Å²) in [6.45, 7) is 2.84. The number of anilines is 2. The van der Waals surface area contributed by atoms with Crippen LogP contribution in [0.3, 0.4) is 0 Å². The molecule has 0 aromatic heterocycles. The summed E-state index contributed by atoms with van der Waals surface area (Å²) in [4.78, 5) is 34.9. The van der Waals surface area contributed by atoms with Gasteiger partial charge in [-0.15, -0.1) is 0 Å². The largest absolute Gasteiger partial charge is 0.453 e. The van der Waals surface area contributed by atoms with Crippen LogP contribution in [0.1, 0.15) is 26.7 Å². The number of rotatable bonds is 6. The van der Waals surface area contributed by atoms with Gasteiger partial charge in [-0.2, -0.15) is 0 Å². The highest BCUT2D eigenvalue weighted by Crippen LogP contribution is 2.22. The molecule has 0 saturated carbocycles. The molecule has 1 heterocycles. The van der Waals surface area contributed by atoms with Crippen LogP contribution in [-0.4, -0.2) is 43.8 Å². The minimum atomic E-state index is -3.05. The van der Waals surface area contributed by atoms with Crippen LogP contribution in [0.5, 0.6) is 0 Å². The predicted molar refractivity (Wildman–Crippen MR) is 96.3 cm³/mol. The number of carbonyl (C=O) groups excluding carboxylic acids is 3. The molecular formula is C17H22N2O6S. The first-order valence-electron chi connectivity index (χ1n) is 8.23. The first-order valence-corrected chi connectivity index (χ1v) is 10.0. The van der Waals surface area contributed by atoms with Crippen LogP contribution >= 0.6 is 0 Å². The zero-order valence-electron chi connectivity index (χ0n) is 14.7. The molecule has 0 spiro atoms. The van der Waals surface area contributed by atoms with Gasteiger partial charge in [0.2, 0.25) is 5.91 Å². The molecule has 1 fully saturated rings. The Balaban J connectivity index is 1.81. The van der Waals surface area contributed by atoms with Gasteiger partial charge < -0.3 is 15.4 Å². The molecule has 8 nitrogen and oxygen atoms in total.